The predicted molar refractivity (Wildman–Crippen MR) is 118 cm³/mol. The molecule has 1 unspecified atom stereocenters. The van der Waals surface area contributed by atoms with Gasteiger partial charge in [0.1, 0.15) is 5.75 Å². The number of carbonyl (C=O) groups excluding carboxylic acids is 2. The lowest BCUT2D eigenvalue weighted by Gasteiger charge is -2.15. The Morgan fingerprint density at radius 1 is 1.00 bits per heavy atom. The van der Waals surface area contributed by atoms with E-state index in [9.17, 15) is 9.59 Å². The molecule has 6 nitrogen and oxygen atoms in total. The first-order valence-electron chi connectivity index (χ1n) is 9.67. The van der Waals surface area contributed by atoms with Gasteiger partial charge in [-0.05, 0) is 42.0 Å². The third kappa shape index (κ3) is 4.75. The fourth-order valence-electron chi connectivity index (χ4n) is 3.04. The Morgan fingerprint density at radius 2 is 1.77 bits per heavy atom. The molecule has 0 spiro atoms. The summed E-state index contributed by atoms with van der Waals surface area (Å²) in [4.78, 5) is 28.8. The van der Waals surface area contributed by atoms with Gasteiger partial charge < -0.3 is 4.74 Å². The summed E-state index contributed by atoms with van der Waals surface area (Å²) >= 11 is 1.57. The van der Waals surface area contributed by atoms with Gasteiger partial charge in [-0.3, -0.25) is 20.4 Å². The molecule has 152 valence electrons. The van der Waals surface area contributed by atoms with E-state index >= 15 is 0 Å². The number of thiazole rings is 1. The van der Waals surface area contributed by atoms with Crippen LogP contribution < -0.4 is 15.6 Å². The Morgan fingerprint density at radius 3 is 2.60 bits per heavy atom. The topological polar surface area (TPSA) is 80.3 Å². The van der Waals surface area contributed by atoms with Crippen LogP contribution >= 0.6 is 11.3 Å². The number of aromatic nitrogens is 1. The molecule has 2 N–H and O–H groups in total. The van der Waals surface area contributed by atoms with Gasteiger partial charge in [0.05, 0.1) is 15.2 Å². The third-order valence-electron chi connectivity index (χ3n) is 4.63. The Bertz CT molecular complexity index is 1170. The van der Waals surface area contributed by atoms with E-state index < -0.39 is 12.0 Å². The number of rotatable bonds is 6. The van der Waals surface area contributed by atoms with Crippen LogP contribution in [0.25, 0.3) is 21.0 Å². The SMILES string of the molecule is CC(Oc1ccc2ccccc2c1)C(=O)NNC(=O)CCc1nc2ccccc2s1. The standard InChI is InChI=1S/C23H21N3O3S/c1-15(29-18-11-10-16-6-2-3-7-17(16)14-18)23(28)26-25-21(27)12-13-22-24-19-8-4-5-9-20(19)30-22/h2-11,14-15H,12-13H2,1H3,(H,25,27)(H,26,28). The summed E-state index contributed by atoms with van der Waals surface area (Å²) in [5, 5.41) is 3.03. The van der Waals surface area contributed by atoms with Crippen molar-refractivity contribution in [3.8, 4) is 5.75 Å². The lowest BCUT2D eigenvalue weighted by atomic mass is 10.1. The minimum atomic E-state index is -0.754. The van der Waals surface area contributed by atoms with Gasteiger partial charge in [0.15, 0.2) is 6.10 Å². The number of nitrogens with zero attached hydrogens (tertiary/aromatic N) is 1. The second-order valence-electron chi connectivity index (χ2n) is 6.88. The van der Waals surface area contributed by atoms with Crippen LogP contribution in [0.1, 0.15) is 18.4 Å². The van der Waals surface area contributed by atoms with Gasteiger partial charge in [0, 0.05) is 12.8 Å². The van der Waals surface area contributed by atoms with E-state index in [1.165, 1.54) is 0 Å². The first-order valence-corrected chi connectivity index (χ1v) is 10.5. The second kappa shape index (κ2) is 8.92. The van der Waals surface area contributed by atoms with Gasteiger partial charge in [0.25, 0.3) is 5.91 Å². The molecule has 1 heterocycles. The van der Waals surface area contributed by atoms with Gasteiger partial charge in [-0.1, -0.05) is 42.5 Å². The quantitative estimate of drug-likeness (QED) is 0.463. The largest absolute Gasteiger partial charge is 0.481 e. The first-order chi connectivity index (χ1) is 14.6. The number of hydrogen-bond acceptors (Lipinski definition) is 5. The monoisotopic (exact) mass is 419 g/mol. The van der Waals surface area contributed by atoms with Crippen molar-refractivity contribution in [2.75, 3.05) is 0 Å². The maximum Gasteiger partial charge on any atom is 0.279 e. The molecular formula is C23H21N3O3S. The number of hydrogen-bond donors (Lipinski definition) is 2. The maximum atomic E-state index is 12.2. The van der Waals surface area contributed by atoms with Crippen LogP contribution in [-0.4, -0.2) is 22.9 Å². The van der Waals surface area contributed by atoms with E-state index in [2.05, 4.69) is 15.8 Å². The van der Waals surface area contributed by atoms with Crippen molar-refractivity contribution in [3.05, 3.63) is 71.7 Å². The fourth-order valence-corrected chi connectivity index (χ4v) is 4.01. The molecule has 4 aromatic rings. The summed E-state index contributed by atoms with van der Waals surface area (Å²) in [6.45, 7) is 1.64. The lowest BCUT2D eigenvalue weighted by molar-refractivity contribution is -0.132. The lowest BCUT2D eigenvalue weighted by Crippen LogP contribution is -2.47. The van der Waals surface area contributed by atoms with Gasteiger partial charge in [-0.25, -0.2) is 4.98 Å². The highest BCUT2D eigenvalue weighted by Crippen LogP contribution is 2.23. The Hall–Kier alpha value is -3.45. The third-order valence-corrected chi connectivity index (χ3v) is 5.73. The average molecular weight is 420 g/mol. The van der Waals surface area contributed by atoms with Crippen molar-refractivity contribution in [1.82, 2.24) is 15.8 Å². The number of carbonyl (C=O) groups is 2. The number of nitrogens with one attached hydrogen (secondary N) is 2. The van der Waals surface area contributed by atoms with Crippen LogP contribution in [0.4, 0.5) is 0 Å². The molecule has 0 fully saturated rings. The molecule has 0 saturated carbocycles. The molecule has 2 amide bonds. The van der Waals surface area contributed by atoms with Crippen molar-refractivity contribution >= 4 is 44.1 Å². The Kier molecular flexibility index (Phi) is 5.90. The van der Waals surface area contributed by atoms with E-state index in [1.807, 2.05) is 66.7 Å². The molecule has 3 aromatic carbocycles. The summed E-state index contributed by atoms with van der Waals surface area (Å²) in [6.07, 6.45) is 0.000216. The summed E-state index contributed by atoms with van der Waals surface area (Å²) < 4.78 is 6.81. The minimum Gasteiger partial charge on any atom is -0.481 e. The van der Waals surface area contributed by atoms with Crippen LogP contribution in [0.15, 0.2) is 66.7 Å². The van der Waals surface area contributed by atoms with Crippen LogP contribution in [-0.2, 0) is 16.0 Å². The smallest absolute Gasteiger partial charge is 0.279 e. The Balaban J connectivity index is 1.25. The normalized spacial score (nSPS) is 11.9. The molecule has 0 radical (unpaired) electrons. The van der Waals surface area contributed by atoms with E-state index in [0.717, 1.165) is 26.0 Å². The van der Waals surface area contributed by atoms with Crippen LogP contribution in [0, 0.1) is 0 Å². The van der Waals surface area contributed by atoms with Crippen molar-refractivity contribution in [2.45, 2.75) is 25.9 Å². The number of benzene rings is 3. The summed E-state index contributed by atoms with van der Waals surface area (Å²) in [5.41, 5.74) is 5.80. The maximum absolute atomic E-state index is 12.2. The molecule has 30 heavy (non-hydrogen) atoms. The van der Waals surface area contributed by atoms with E-state index in [-0.39, 0.29) is 12.3 Å². The highest BCUT2D eigenvalue weighted by molar-refractivity contribution is 7.18. The number of para-hydroxylation sites is 1. The Labute approximate surface area is 177 Å². The number of ether oxygens (including phenoxy) is 1. The highest BCUT2D eigenvalue weighted by Gasteiger charge is 2.16. The van der Waals surface area contributed by atoms with Crippen molar-refractivity contribution < 1.29 is 14.3 Å². The van der Waals surface area contributed by atoms with E-state index in [0.29, 0.717) is 12.2 Å². The fraction of sp³-hybridized carbons (Fsp3) is 0.174. The molecular weight excluding hydrogens is 398 g/mol. The van der Waals surface area contributed by atoms with E-state index in [4.69, 9.17) is 4.74 Å². The first kappa shape index (κ1) is 19.8. The molecule has 1 aromatic heterocycles. The zero-order valence-corrected chi connectivity index (χ0v) is 17.2. The molecule has 1 atom stereocenters. The summed E-state index contributed by atoms with van der Waals surface area (Å²) in [5.74, 6) is -0.101. The van der Waals surface area contributed by atoms with Gasteiger partial charge >= 0.3 is 0 Å². The van der Waals surface area contributed by atoms with Crippen LogP contribution in [0.2, 0.25) is 0 Å². The van der Waals surface area contributed by atoms with Gasteiger partial charge in [0.2, 0.25) is 5.91 Å². The zero-order chi connectivity index (χ0) is 20.9. The average Bonchev–Trinajstić information content (AvgIpc) is 3.19. The zero-order valence-electron chi connectivity index (χ0n) is 16.4. The number of fused-ring (bicyclic) bond motifs is 2. The second-order valence-corrected chi connectivity index (χ2v) is 8.00. The number of amides is 2. The summed E-state index contributed by atoms with van der Waals surface area (Å²) in [6, 6.07) is 21.4. The summed E-state index contributed by atoms with van der Waals surface area (Å²) in [7, 11) is 0. The van der Waals surface area contributed by atoms with Crippen LogP contribution in [0.3, 0.4) is 0 Å². The minimum absolute atomic E-state index is 0.236. The molecule has 0 saturated heterocycles. The number of aryl methyl sites for hydroxylation is 1. The molecule has 0 aliphatic rings. The number of hydrazine groups is 1. The molecule has 0 aliphatic carbocycles. The van der Waals surface area contributed by atoms with Crippen molar-refractivity contribution in [2.24, 2.45) is 0 Å². The molecule has 0 aliphatic heterocycles. The molecule has 7 heteroatoms. The van der Waals surface area contributed by atoms with Gasteiger partial charge in [-0.15, -0.1) is 11.3 Å². The highest BCUT2D eigenvalue weighted by atomic mass is 32.1. The van der Waals surface area contributed by atoms with E-state index in [1.54, 1.807) is 18.3 Å². The predicted octanol–water partition coefficient (Wildman–Crippen LogP) is 4.00. The van der Waals surface area contributed by atoms with Gasteiger partial charge in [-0.2, -0.15) is 0 Å². The molecule has 4 rings (SSSR count). The van der Waals surface area contributed by atoms with Crippen molar-refractivity contribution in [3.63, 3.8) is 0 Å². The van der Waals surface area contributed by atoms with Crippen LogP contribution in [0.5, 0.6) is 5.75 Å². The van der Waals surface area contributed by atoms with Crippen molar-refractivity contribution in [1.29, 1.82) is 0 Å². The molecule has 0 bridgehead atoms.